The minimum Gasteiger partial charge on any atom is -0.307 e. The summed E-state index contributed by atoms with van der Waals surface area (Å²) in [5.74, 6) is -0.0612. The summed E-state index contributed by atoms with van der Waals surface area (Å²) in [5.41, 5.74) is 3.59. The molecule has 0 aliphatic heterocycles. The molecule has 0 radical (unpaired) electrons. The van der Waals surface area contributed by atoms with Crippen LogP contribution in [0.15, 0.2) is 48.5 Å². The number of hydrogen-bond acceptors (Lipinski definition) is 2. The molecule has 0 aromatic heterocycles. The Morgan fingerprint density at radius 2 is 1.86 bits per heavy atom. The number of anilines is 1. The van der Waals surface area contributed by atoms with Crippen LogP contribution in [0.3, 0.4) is 0 Å². The van der Waals surface area contributed by atoms with E-state index in [0.717, 1.165) is 16.8 Å². The zero-order chi connectivity index (χ0) is 15.2. The van der Waals surface area contributed by atoms with E-state index in [-0.39, 0.29) is 5.91 Å². The Hall–Kier alpha value is -2.60. The Bertz CT molecular complexity index is 671. The number of benzene rings is 2. The van der Waals surface area contributed by atoms with E-state index in [2.05, 4.69) is 6.07 Å². The van der Waals surface area contributed by atoms with Crippen molar-refractivity contribution < 1.29 is 4.79 Å². The van der Waals surface area contributed by atoms with Crippen molar-refractivity contribution in [3.05, 3.63) is 65.2 Å². The number of nitrogens with zero attached hydrogens (tertiary/aromatic N) is 2. The van der Waals surface area contributed by atoms with Gasteiger partial charge in [0.2, 0.25) is 0 Å². The fraction of sp³-hybridized carbons (Fsp3) is 0.222. The predicted octanol–water partition coefficient (Wildman–Crippen LogP) is 3.86. The summed E-state index contributed by atoms with van der Waals surface area (Å²) in [6.45, 7) is 4.34. The van der Waals surface area contributed by atoms with Gasteiger partial charge in [-0.15, -0.1) is 0 Å². The number of rotatable bonds is 4. The number of carbonyl (C=O) groups is 1. The van der Waals surface area contributed by atoms with Crippen LogP contribution in [0.25, 0.3) is 0 Å². The lowest BCUT2D eigenvalue weighted by Gasteiger charge is -2.22. The molecule has 0 aliphatic carbocycles. The van der Waals surface area contributed by atoms with Crippen molar-refractivity contribution in [2.24, 2.45) is 0 Å². The van der Waals surface area contributed by atoms with Crippen LogP contribution in [-0.2, 0) is 0 Å². The van der Waals surface area contributed by atoms with E-state index < -0.39 is 0 Å². The average Bonchev–Trinajstić information content (AvgIpc) is 2.48. The van der Waals surface area contributed by atoms with Crippen LogP contribution in [-0.4, -0.2) is 12.5 Å². The Kier molecular flexibility index (Phi) is 4.73. The van der Waals surface area contributed by atoms with E-state index in [4.69, 9.17) is 5.26 Å². The highest BCUT2D eigenvalue weighted by Crippen LogP contribution is 2.19. The molecule has 0 unspecified atom stereocenters. The number of para-hydroxylation sites is 1. The SMILES string of the molecule is Cc1ccc(C(=O)N(CCC#N)c2ccccc2)c(C)c1. The van der Waals surface area contributed by atoms with Gasteiger partial charge in [-0.1, -0.05) is 35.9 Å². The van der Waals surface area contributed by atoms with E-state index >= 15 is 0 Å². The normalized spacial score (nSPS) is 9.95. The van der Waals surface area contributed by atoms with Gasteiger partial charge in [0, 0.05) is 17.8 Å². The Labute approximate surface area is 125 Å². The van der Waals surface area contributed by atoms with Gasteiger partial charge < -0.3 is 4.90 Å². The zero-order valence-corrected chi connectivity index (χ0v) is 12.3. The molecule has 0 fully saturated rings. The maximum atomic E-state index is 12.8. The number of nitriles is 1. The monoisotopic (exact) mass is 278 g/mol. The summed E-state index contributed by atoms with van der Waals surface area (Å²) in [5, 5.41) is 8.82. The van der Waals surface area contributed by atoms with Gasteiger partial charge in [0.15, 0.2) is 0 Å². The summed E-state index contributed by atoms with van der Waals surface area (Å²) in [4.78, 5) is 14.5. The van der Waals surface area contributed by atoms with Crippen molar-refractivity contribution in [3.8, 4) is 6.07 Å². The van der Waals surface area contributed by atoms with E-state index in [9.17, 15) is 4.79 Å². The molecule has 1 amide bonds. The number of hydrogen-bond donors (Lipinski definition) is 0. The molecular weight excluding hydrogens is 260 g/mol. The van der Waals surface area contributed by atoms with Crippen LogP contribution in [0.2, 0.25) is 0 Å². The molecule has 21 heavy (non-hydrogen) atoms. The summed E-state index contributed by atoms with van der Waals surface area (Å²) in [6.07, 6.45) is 0.311. The third kappa shape index (κ3) is 3.49. The van der Waals surface area contributed by atoms with Crippen LogP contribution in [0.1, 0.15) is 27.9 Å². The zero-order valence-electron chi connectivity index (χ0n) is 12.3. The molecule has 106 valence electrons. The molecule has 0 spiro atoms. The molecule has 2 aromatic carbocycles. The van der Waals surface area contributed by atoms with Gasteiger partial charge in [0.25, 0.3) is 5.91 Å². The van der Waals surface area contributed by atoms with Crippen LogP contribution < -0.4 is 4.90 Å². The first kappa shape index (κ1) is 14.8. The molecule has 3 nitrogen and oxygen atoms in total. The smallest absolute Gasteiger partial charge is 0.258 e. The fourth-order valence-electron chi connectivity index (χ4n) is 2.32. The highest BCUT2D eigenvalue weighted by atomic mass is 16.2. The van der Waals surface area contributed by atoms with Gasteiger partial charge in [-0.05, 0) is 37.6 Å². The molecule has 0 saturated carbocycles. The minimum absolute atomic E-state index is 0.0612. The van der Waals surface area contributed by atoms with Gasteiger partial charge >= 0.3 is 0 Å². The second-order valence-electron chi connectivity index (χ2n) is 5.02. The van der Waals surface area contributed by atoms with Crippen LogP contribution in [0, 0.1) is 25.2 Å². The van der Waals surface area contributed by atoms with E-state index in [1.807, 2.05) is 62.4 Å². The van der Waals surface area contributed by atoms with Gasteiger partial charge in [-0.3, -0.25) is 4.79 Å². The maximum absolute atomic E-state index is 12.8. The second kappa shape index (κ2) is 6.71. The van der Waals surface area contributed by atoms with Crippen LogP contribution in [0.4, 0.5) is 5.69 Å². The number of carbonyl (C=O) groups excluding carboxylic acids is 1. The lowest BCUT2D eigenvalue weighted by atomic mass is 10.0. The third-order valence-electron chi connectivity index (χ3n) is 3.37. The van der Waals surface area contributed by atoms with Crippen molar-refractivity contribution in [1.82, 2.24) is 0 Å². The maximum Gasteiger partial charge on any atom is 0.258 e. The van der Waals surface area contributed by atoms with Crippen molar-refractivity contribution in [2.75, 3.05) is 11.4 Å². The van der Waals surface area contributed by atoms with Gasteiger partial charge in [-0.25, -0.2) is 0 Å². The van der Waals surface area contributed by atoms with Crippen LogP contribution >= 0.6 is 0 Å². The average molecular weight is 278 g/mol. The van der Waals surface area contributed by atoms with Crippen molar-refractivity contribution in [1.29, 1.82) is 5.26 Å². The molecule has 0 heterocycles. The summed E-state index contributed by atoms with van der Waals surface area (Å²) >= 11 is 0. The highest BCUT2D eigenvalue weighted by molar-refractivity contribution is 6.07. The lowest BCUT2D eigenvalue weighted by molar-refractivity contribution is 0.0987. The van der Waals surface area contributed by atoms with Crippen molar-refractivity contribution in [3.63, 3.8) is 0 Å². The Morgan fingerprint density at radius 1 is 1.14 bits per heavy atom. The van der Waals surface area contributed by atoms with E-state index in [1.54, 1.807) is 4.90 Å². The molecule has 2 rings (SSSR count). The van der Waals surface area contributed by atoms with E-state index in [1.165, 1.54) is 0 Å². The fourth-order valence-corrected chi connectivity index (χ4v) is 2.32. The lowest BCUT2D eigenvalue weighted by Crippen LogP contribution is -2.32. The molecule has 0 aliphatic rings. The molecule has 0 saturated heterocycles. The van der Waals surface area contributed by atoms with Gasteiger partial charge in [-0.2, -0.15) is 5.26 Å². The third-order valence-corrected chi connectivity index (χ3v) is 3.37. The number of aryl methyl sites for hydroxylation is 2. The molecule has 3 heteroatoms. The molecule has 2 aromatic rings. The Morgan fingerprint density at radius 3 is 2.48 bits per heavy atom. The molecular formula is C18H18N2O. The van der Waals surface area contributed by atoms with Crippen molar-refractivity contribution >= 4 is 11.6 Å². The van der Waals surface area contributed by atoms with E-state index in [0.29, 0.717) is 18.5 Å². The van der Waals surface area contributed by atoms with Crippen molar-refractivity contribution in [2.45, 2.75) is 20.3 Å². The first-order valence-electron chi connectivity index (χ1n) is 6.94. The first-order chi connectivity index (χ1) is 10.1. The number of amides is 1. The Balaban J connectivity index is 2.37. The molecule has 0 bridgehead atoms. The minimum atomic E-state index is -0.0612. The highest BCUT2D eigenvalue weighted by Gasteiger charge is 2.18. The van der Waals surface area contributed by atoms with Crippen LogP contribution in [0.5, 0.6) is 0 Å². The first-order valence-corrected chi connectivity index (χ1v) is 6.94. The standard InChI is InChI=1S/C18H18N2O/c1-14-9-10-17(15(2)13-14)18(21)20(12-6-11-19)16-7-4-3-5-8-16/h3-5,7-10,13H,6,12H2,1-2H3. The largest absolute Gasteiger partial charge is 0.307 e. The summed E-state index contributed by atoms with van der Waals surface area (Å²) in [7, 11) is 0. The second-order valence-corrected chi connectivity index (χ2v) is 5.02. The molecule has 0 N–H and O–H groups in total. The topological polar surface area (TPSA) is 44.1 Å². The van der Waals surface area contributed by atoms with Gasteiger partial charge in [0.05, 0.1) is 12.5 Å². The summed E-state index contributed by atoms with van der Waals surface area (Å²) < 4.78 is 0. The quantitative estimate of drug-likeness (QED) is 0.852. The molecule has 0 atom stereocenters. The summed E-state index contributed by atoms with van der Waals surface area (Å²) in [6, 6.07) is 17.4. The predicted molar refractivity (Wildman–Crippen MR) is 84.3 cm³/mol. The van der Waals surface area contributed by atoms with Gasteiger partial charge in [0.1, 0.15) is 0 Å².